The lowest BCUT2D eigenvalue weighted by Gasteiger charge is -2.15. The molecule has 0 aliphatic rings. The molecular weight excluding hydrogens is 436 g/mol. The first-order valence-electron chi connectivity index (χ1n) is 9.41. The Morgan fingerprint density at radius 2 is 1.84 bits per heavy atom. The lowest BCUT2D eigenvalue weighted by molar-refractivity contribution is -0.121. The van der Waals surface area contributed by atoms with Crippen molar-refractivity contribution in [1.82, 2.24) is 20.2 Å². The Bertz CT molecular complexity index is 1190. The van der Waals surface area contributed by atoms with Crippen LogP contribution in [0.25, 0.3) is 10.4 Å². The van der Waals surface area contributed by atoms with Crippen LogP contribution in [-0.2, 0) is 17.6 Å². The SMILES string of the molecule is O=C(O)c1c(CC(=O)C(Cc2ccccc2)n2cnnn2)csc1-c1ccc(Cl)cc1. The summed E-state index contributed by atoms with van der Waals surface area (Å²) in [6.07, 6.45) is 1.76. The highest BCUT2D eigenvalue weighted by molar-refractivity contribution is 7.14. The van der Waals surface area contributed by atoms with Gasteiger partial charge in [-0.05, 0) is 44.6 Å². The molecule has 0 amide bonds. The van der Waals surface area contributed by atoms with Gasteiger partial charge in [-0.1, -0.05) is 54.1 Å². The van der Waals surface area contributed by atoms with E-state index in [2.05, 4.69) is 15.5 Å². The number of thiophene rings is 1. The second kappa shape index (κ2) is 9.20. The zero-order chi connectivity index (χ0) is 21.8. The molecule has 0 bridgehead atoms. The van der Waals surface area contributed by atoms with Gasteiger partial charge in [-0.3, -0.25) is 4.79 Å². The van der Waals surface area contributed by atoms with Crippen LogP contribution in [0.4, 0.5) is 0 Å². The van der Waals surface area contributed by atoms with E-state index >= 15 is 0 Å². The van der Waals surface area contributed by atoms with Crippen molar-refractivity contribution >= 4 is 34.7 Å². The van der Waals surface area contributed by atoms with Gasteiger partial charge in [0.2, 0.25) is 0 Å². The minimum atomic E-state index is -1.07. The van der Waals surface area contributed by atoms with Crippen molar-refractivity contribution in [3.8, 4) is 10.4 Å². The van der Waals surface area contributed by atoms with Gasteiger partial charge in [0.25, 0.3) is 0 Å². The molecule has 2 heterocycles. The third kappa shape index (κ3) is 4.70. The molecule has 0 saturated carbocycles. The highest BCUT2D eigenvalue weighted by atomic mass is 35.5. The first kappa shape index (κ1) is 20.9. The van der Waals surface area contributed by atoms with Crippen molar-refractivity contribution in [2.75, 3.05) is 0 Å². The van der Waals surface area contributed by atoms with Gasteiger partial charge in [-0.15, -0.1) is 16.4 Å². The predicted octanol–water partition coefficient (Wildman–Crippen LogP) is 4.35. The van der Waals surface area contributed by atoms with Gasteiger partial charge in [0.05, 0.1) is 5.56 Å². The summed E-state index contributed by atoms with van der Waals surface area (Å²) >= 11 is 7.25. The summed E-state index contributed by atoms with van der Waals surface area (Å²) in [6, 6.07) is 15.9. The van der Waals surface area contributed by atoms with E-state index in [1.165, 1.54) is 22.3 Å². The minimum Gasteiger partial charge on any atom is -0.478 e. The Morgan fingerprint density at radius 1 is 1.10 bits per heavy atom. The van der Waals surface area contributed by atoms with Gasteiger partial charge >= 0.3 is 5.97 Å². The number of hydrogen-bond acceptors (Lipinski definition) is 6. The number of aromatic carboxylic acids is 1. The lowest BCUT2D eigenvalue weighted by Crippen LogP contribution is -2.24. The number of aromatic nitrogens is 4. The van der Waals surface area contributed by atoms with E-state index in [9.17, 15) is 14.7 Å². The van der Waals surface area contributed by atoms with E-state index in [-0.39, 0.29) is 17.8 Å². The third-order valence-electron chi connectivity index (χ3n) is 4.88. The number of ketones is 1. The number of Topliss-reactive ketones (excluding diaryl/α,β-unsaturated/α-hetero) is 1. The largest absolute Gasteiger partial charge is 0.478 e. The molecule has 0 saturated heterocycles. The van der Waals surface area contributed by atoms with Crippen LogP contribution in [-0.4, -0.2) is 37.1 Å². The molecule has 0 fully saturated rings. The van der Waals surface area contributed by atoms with E-state index in [0.717, 1.165) is 11.1 Å². The number of nitrogens with zero attached hydrogens (tertiary/aromatic N) is 4. The van der Waals surface area contributed by atoms with E-state index in [1.54, 1.807) is 29.6 Å². The molecule has 2 aromatic heterocycles. The zero-order valence-corrected chi connectivity index (χ0v) is 17.8. The molecular formula is C22H17ClN4O3S. The van der Waals surface area contributed by atoms with Crippen LogP contribution in [0.2, 0.25) is 5.02 Å². The summed E-state index contributed by atoms with van der Waals surface area (Å²) in [6.45, 7) is 0. The quantitative estimate of drug-likeness (QED) is 0.426. The first-order valence-corrected chi connectivity index (χ1v) is 10.7. The van der Waals surface area contributed by atoms with Crippen molar-refractivity contribution < 1.29 is 14.7 Å². The number of benzene rings is 2. The molecule has 0 spiro atoms. The van der Waals surface area contributed by atoms with Gasteiger partial charge < -0.3 is 5.11 Å². The van der Waals surface area contributed by atoms with E-state index in [0.29, 0.717) is 21.9 Å². The minimum absolute atomic E-state index is 0.0386. The summed E-state index contributed by atoms with van der Waals surface area (Å²) < 4.78 is 1.42. The van der Waals surface area contributed by atoms with Crippen LogP contribution in [0.5, 0.6) is 0 Å². The van der Waals surface area contributed by atoms with Crippen LogP contribution in [0.15, 0.2) is 66.3 Å². The summed E-state index contributed by atoms with van der Waals surface area (Å²) in [5.74, 6) is -1.24. The molecule has 0 aliphatic heterocycles. The number of carboxylic acids is 1. The maximum absolute atomic E-state index is 13.3. The van der Waals surface area contributed by atoms with Crippen LogP contribution < -0.4 is 0 Å². The fraction of sp³-hybridized carbons (Fsp3) is 0.136. The van der Waals surface area contributed by atoms with Crippen molar-refractivity contribution in [1.29, 1.82) is 0 Å². The topological polar surface area (TPSA) is 98.0 Å². The summed E-state index contributed by atoms with van der Waals surface area (Å²) in [5.41, 5.74) is 2.31. The molecule has 1 atom stereocenters. The van der Waals surface area contributed by atoms with Crippen LogP contribution >= 0.6 is 22.9 Å². The Labute approximate surface area is 186 Å². The highest BCUT2D eigenvalue weighted by Gasteiger charge is 2.26. The average molecular weight is 453 g/mol. The summed E-state index contributed by atoms with van der Waals surface area (Å²) in [4.78, 5) is 25.9. The highest BCUT2D eigenvalue weighted by Crippen LogP contribution is 2.34. The fourth-order valence-corrected chi connectivity index (χ4v) is 4.58. The maximum Gasteiger partial charge on any atom is 0.337 e. The Morgan fingerprint density at radius 3 is 2.48 bits per heavy atom. The smallest absolute Gasteiger partial charge is 0.337 e. The standard InChI is InChI=1S/C22H17ClN4O3S/c23-17-8-6-15(7-9-17)21-20(22(29)30)16(12-31-21)11-19(28)18(27-13-24-25-26-27)10-14-4-2-1-3-5-14/h1-9,12-13,18H,10-11H2,(H,29,30). The van der Waals surface area contributed by atoms with Gasteiger partial charge in [-0.25, -0.2) is 9.48 Å². The zero-order valence-electron chi connectivity index (χ0n) is 16.2. The Balaban J connectivity index is 1.64. The van der Waals surface area contributed by atoms with E-state index < -0.39 is 12.0 Å². The van der Waals surface area contributed by atoms with Crippen molar-refractivity contribution in [3.05, 3.63) is 88.0 Å². The molecule has 156 valence electrons. The van der Waals surface area contributed by atoms with Crippen molar-refractivity contribution in [2.45, 2.75) is 18.9 Å². The molecule has 31 heavy (non-hydrogen) atoms. The number of halogens is 1. The Kier molecular flexibility index (Phi) is 6.20. The molecule has 0 radical (unpaired) electrons. The van der Waals surface area contributed by atoms with Crippen LogP contribution in [0, 0.1) is 0 Å². The molecule has 0 aliphatic carbocycles. The van der Waals surface area contributed by atoms with Crippen LogP contribution in [0.1, 0.15) is 27.5 Å². The second-order valence-electron chi connectivity index (χ2n) is 6.92. The van der Waals surface area contributed by atoms with E-state index in [4.69, 9.17) is 11.6 Å². The van der Waals surface area contributed by atoms with Gasteiger partial charge in [0.15, 0.2) is 5.78 Å². The number of tetrazole rings is 1. The van der Waals surface area contributed by atoms with E-state index in [1.807, 2.05) is 30.3 Å². The molecule has 4 aromatic rings. The second-order valence-corrected chi connectivity index (χ2v) is 8.23. The molecule has 4 rings (SSSR count). The lowest BCUT2D eigenvalue weighted by atomic mass is 9.96. The third-order valence-corrected chi connectivity index (χ3v) is 6.21. The molecule has 1 unspecified atom stereocenters. The number of carbonyl (C=O) groups excluding carboxylic acids is 1. The van der Waals surface area contributed by atoms with Crippen molar-refractivity contribution in [3.63, 3.8) is 0 Å². The molecule has 1 N–H and O–H groups in total. The summed E-state index contributed by atoms with van der Waals surface area (Å²) in [7, 11) is 0. The van der Waals surface area contributed by atoms with Crippen LogP contribution in [0.3, 0.4) is 0 Å². The average Bonchev–Trinajstić information content (AvgIpc) is 3.43. The molecule has 2 aromatic carbocycles. The van der Waals surface area contributed by atoms with Gasteiger partial charge in [-0.2, -0.15) is 0 Å². The number of hydrogen-bond donors (Lipinski definition) is 1. The first-order chi connectivity index (χ1) is 15.0. The fourth-order valence-electron chi connectivity index (χ4n) is 3.38. The van der Waals surface area contributed by atoms with Gasteiger partial charge in [0, 0.05) is 22.7 Å². The molecule has 7 nitrogen and oxygen atoms in total. The normalized spacial score (nSPS) is 11.9. The Hall–Kier alpha value is -3.36. The number of rotatable bonds is 8. The van der Waals surface area contributed by atoms with Crippen molar-refractivity contribution in [2.24, 2.45) is 0 Å². The maximum atomic E-state index is 13.3. The number of carbonyl (C=O) groups is 2. The monoisotopic (exact) mass is 452 g/mol. The number of carboxylic acid groups (broad SMARTS) is 1. The predicted molar refractivity (Wildman–Crippen MR) is 117 cm³/mol. The summed E-state index contributed by atoms with van der Waals surface area (Å²) in [5, 5.41) is 23.3. The van der Waals surface area contributed by atoms with Gasteiger partial charge in [0.1, 0.15) is 12.4 Å². The molecule has 9 heteroatoms.